The average molecular weight is 415 g/mol. The van der Waals surface area contributed by atoms with E-state index < -0.39 is 12.1 Å². The van der Waals surface area contributed by atoms with E-state index in [4.69, 9.17) is 9.72 Å². The Balaban J connectivity index is 1.35. The molecule has 0 saturated heterocycles. The Bertz CT molecular complexity index is 1170. The Morgan fingerprint density at radius 3 is 2.74 bits per heavy atom. The summed E-state index contributed by atoms with van der Waals surface area (Å²) in [7, 11) is 0. The van der Waals surface area contributed by atoms with Crippen LogP contribution in [0.15, 0.2) is 48.5 Å². The zero-order valence-electron chi connectivity index (χ0n) is 17.7. The highest BCUT2D eigenvalue weighted by Gasteiger charge is 2.29. The molecule has 158 valence electrons. The predicted octanol–water partition coefficient (Wildman–Crippen LogP) is 4.46. The summed E-state index contributed by atoms with van der Waals surface area (Å²) in [5.41, 5.74) is 5.76. The van der Waals surface area contributed by atoms with Crippen LogP contribution in [0, 0.1) is 0 Å². The van der Waals surface area contributed by atoms with Crippen LogP contribution in [0.4, 0.5) is 0 Å². The van der Waals surface area contributed by atoms with Crippen molar-refractivity contribution in [3.63, 3.8) is 0 Å². The van der Waals surface area contributed by atoms with Crippen LogP contribution in [0.25, 0.3) is 10.9 Å². The minimum absolute atomic E-state index is 0.0374. The lowest BCUT2D eigenvalue weighted by Gasteiger charge is -2.27. The van der Waals surface area contributed by atoms with Gasteiger partial charge in [-0.1, -0.05) is 42.5 Å². The van der Waals surface area contributed by atoms with E-state index in [0.717, 1.165) is 60.7 Å². The average Bonchev–Trinajstić information content (AvgIpc) is 3.25. The van der Waals surface area contributed by atoms with Crippen molar-refractivity contribution >= 4 is 22.8 Å². The second-order valence-corrected chi connectivity index (χ2v) is 8.48. The van der Waals surface area contributed by atoms with Crippen LogP contribution in [0.1, 0.15) is 65.0 Å². The zero-order valence-corrected chi connectivity index (χ0v) is 17.7. The number of pyridine rings is 1. The molecule has 0 fully saturated rings. The van der Waals surface area contributed by atoms with E-state index in [1.165, 1.54) is 11.1 Å². The number of carbonyl (C=O) groups is 2. The van der Waals surface area contributed by atoms with Gasteiger partial charge in [0, 0.05) is 11.1 Å². The number of para-hydroxylation sites is 1. The number of aromatic nitrogens is 1. The van der Waals surface area contributed by atoms with Crippen LogP contribution in [-0.4, -0.2) is 23.0 Å². The number of fused-ring (bicyclic) bond motifs is 3. The first-order chi connectivity index (χ1) is 15.1. The Hall–Kier alpha value is -3.21. The standard InChI is InChI=1S/C26H26N2O3/c1-16(25(29)28-21-14-6-9-17-8-2-3-10-18(17)21)31-26(30)24-19-11-4-5-13-22(19)27-23-15-7-12-20(23)24/h2-5,8,10-11,13,16,21H,6-7,9,12,14-15H2,1H3,(H,28,29)/t16-,21-/m0/s1. The first-order valence-electron chi connectivity index (χ1n) is 11.1. The molecule has 5 heteroatoms. The van der Waals surface area contributed by atoms with E-state index in [9.17, 15) is 9.59 Å². The highest BCUT2D eigenvalue weighted by atomic mass is 16.5. The van der Waals surface area contributed by atoms with Gasteiger partial charge in [0.25, 0.3) is 5.91 Å². The Morgan fingerprint density at radius 1 is 1.03 bits per heavy atom. The second-order valence-electron chi connectivity index (χ2n) is 8.48. The summed E-state index contributed by atoms with van der Waals surface area (Å²) in [5, 5.41) is 3.89. The molecule has 5 nitrogen and oxygen atoms in total. The van der Waals surface area contributed by atoms with Crippen molar-refractivity contribution in [1.29, 1.82) is 0 Å². The minimum atomic E-state index is -0.870. The Morgan fingerprint density at radius 2 is 1.84 bits per heavy atom. The SMILES string of the molecule is C[C@H](OC(=O)c1c2c(nc3ccccc13)CCC2)C(=O)N[C@H]1CCCc2ccccc21. The zero-order chi connectivity index (χ0) is 21.4. The van der Waals surface area contributed by atoms with Crippen LogP contribution in [-0.2, 0) is 28.8 Å². The third kappa shape index (κ3) is 3.69. The summed E-state index contributed by atoms with van der Waals surface area (Å²) in [6, 6.07) is 15.8. The molecule has 0 bridgehead atoms. The minimum Gasteiger partial charge on any atom is -0.449 e. The molecule has 2 aliphatic carbocycles. The van der Waals surface area contributed by atoms with Crippen LogP contribution in [0.5, 0.6) is 0 Å². The molecule has 0 unspecified atom stereocenters. The van der Waals surface area contributed by atoms with Crippen molar-refractivity contribution in [3.8, 4) is 0 Å². The lowest BCUT2D eigenvalue weighted by Crippen LogP contribution is -2.39. The van der Waals surface area contributed by atoms with E-state index in [0.29, 0.717) is 5.56 Å². The Labute approximate surface area is 181 Å². The molecule has 0 saturated carbocycles. The van der Waals surface area contributed by atoms with Gasteiger partial charge >= 0.3 is 5.97 Å². The van der Waals surface area contributed by atoms with Gasteiger partial charge in [-0.25, -0.2) is 4.79 Å². The number of nitrogens with zero attached hydrogens (tertiary/aromatic N) is 1. The third-order valence-electron chi connectivity index (χ3n) is 6.46. The van der Waals surface area contributed by atoms with Crippen LogP contribution in [0.2, 0.25) is 0 Å². The van der Waals surface area contributed by atoms with Crippen molar-refractivity contribution in [1.82, 2.24) is 10.3 Å². The fraction of sp³-hybridized carbons (Fsp3) is 0.346. The summed E-state index contributed by atoms with van der Waals surface area (Å²) in [4.78, 5) is 30.8. The summed E-state index contributed by atoms with van der Waals surface area (Å²) in [6.45, 7) is 1.64. The fourth-order valence-electron chi connectivity index (χ4n) is 4.91. The maximum atomic E-state index is 13.2. The van der Waals surface area contributed by atoms with Gasteiger partial charge in [-0.2, -0.15) is 0 Å². The molecule has 0 aliphatic heterocycles. The highest BCUT2D eigenvalue weighted by molar-refractivity contribution is 6.06. The first-order valence-corrected chi connectivity index (χ1v) is 11.1. The van der Waals surface area contributed by atoms with E-state index in [1.807, 2.05) is 36.4 Å². The highest BCUT2D eigenvalue weighted by Crippen LogP contribution is 2.31. The molecular weight excluding hydrogens is 388 g/mol. The van der Waals surface area contributed by atoms with E-state index >= 15 is 0 Å². The molecule has 2 aromatic carbocycles. The summed E-state index contributed by atoms with van der Waals surface area (Å²) < 4.78 is 5.68. The van der Waals surface area contributed by atoms with Gasteiger partial charge in [0.05, 0.1) is 17.1 Å². The molecule has 0 spiro atoms. The molecule has 1 heterocycles. The van der Waals surface area contributed by atoms with Crippen molar-refractivity contribution < 1.29 is 14.3 Å². The monoisotopic (exact) mass is 414 g/mol. The van der Waals surface area contributed by atoms with Gasteiger partial charge in [-0.05, 0) is 68.2 Å². The number of benzene rings is 2. The summed E-state index contributed by atoms with van der Waals surface area (Å²) in [6.07, 6.45) is 4.76. The molecule has 2 aliphatic rings. The van der Waals surface area contributed by atoms with Gasteiger partial charge in [0.15, 0.2) is 6.10 Å². The maximum Gasteiger partial charge on any atom is 0.339 e. The molecule has 3 aromatic rings. The van der Waals surface area contributed by atoms with Crippen molar-refractivity contribution in [2.75, 3.05) is 0 Å². The predicted molar refractivity (Wildman–Crippen MR) is 119 cm³/mol. The van der Waals surface area contributed by atoms with Crippen LogP contribution in [0.3, 0.4) is 0 Å². The number of hydrogen-bond acceptors (Lipinski definition) is 4. The Kier molecular flexibility index (Phi) is 5.18. The van der Waals surface area contributed by atoms with E-state index in [2.05, 4.69) is 17.4 Å². The number of aryl methyl sites for hydroxylation is 2. The number of ether oxygens (including phenoxy) is 1. The molecule has 1 N–H and O–H groups in total. The maximum absolute atomic E-state index is 13.2. The summed E-state index contributed by atoms with van der Waals surface area (Å²) in [5.74, 6) is -0.700. The lowest BCUT2D eigenvalue weighted by atomic mass is 9.87. The number of nitrogens with one attached hydrogen (secondary N) is 1. The topological polar surface area (TPSA) is 68.3 Å². The molecular formula is C26H26N2O3. The molecule has 31 heavy (non-hydrogen) atoms. The van der Waals surface area contributed by atoms with Gasteiger partial charge in [0.1, 0.15) is 0 Å². The number of hydrogen-bond donors (Lipinski definition) is 1. The van der Waals surface area contributed by atoms with Gasteiger partial charge < -0.3 is 10.1 Å². The van der Waals surface area contributed by atoms with Crippen molar-refractivity contribution in [3.05, 3.63) is 76.5 Å². The molecule has 5 rings (SSSR count). The molecule has 0 radical (unpaired) electrons. The van der Waals surface area contributed by atoms with Crippen LogP contribution < -0.4 is 5.32 Å². The molecule has 2 atom stereocenters. The van der Waals surface area contributed by atoms with Crippen molar-refractivity contribution in [2.24, 2.45) is 0 Å². The normalized spacial score (nSPS) is 18.2. The van der Waals surface area contributed by atoms with Crippen LogP contribution >= 0.6 is 0 Å². The number of amides is 1. The largest absolute Gasteiger partial charge is 0.449 e. The fourth-order valence-corrected chi connectivity index (χ4v) is 4.91. The van der Waals surface area contributed by atoms with E-state index in [1.54, 1.807) is 6.92 Å². The first kappa shape index (κ1) is 19.7. The quantitative estimate of drug-likeness (QED) is 0.640. The number of carbonyl (C=O) groups excluding carboxylic acids is 2. The molecule has 1 amide bonds. The van der Waals surface area contributed by atoms with Gasteiger partial charge in [-0.3, -0.25) is 9.78 Å². The number of rotatable bonds is 4. The second kappa shape index (κ2) is 8.14. The lowest BCUT2D eigenvalue weighted by molar-refractivity contribution is -0.130. The molecule has 1 aromatic heterocycles. The van der Waals surface area contributed by atoms with Gasteiger partial charge in [0.2, 0.25) is 0 Å². The number of esters is 1. The smallest absolute Gasteiger partial charge is 0.339 e. The van der Waals surface area contributed by atoms with Gasteiger partial charge in [-0.15, -0.1) is 0 Å². The van der Waals surface area contributed by atoms with Crippen molar-refractivity contribution in [2.45, 2.75) is 57.6 Å². The summed E-state index contributed by atoms with van der Waals surface area (Å²) >= 11 is 0. The third-order valence-corrected chi connectivity index (χ3v) is 6.46. The van der Waals surface area contributed by atoms with E-state index in [-0.39, 0.29) is 11.9 Å².